The average molecular weight is 340 g/mol. The van der Waals surface area contributed by atoms with Gasteiger partial charge in [0.05, 0.1) is 6.54 Å². The van der Waals surface area contributed by atoms with Gasteiger partial charge in [-0.3, -0.25) is 9.79 Å². The van der Waals surface area contributed by atoms with E-state index in [2.05, 4.69) is 15.6 Å². The summed E-state index contributed by atoms with van der Waals surface area (Å²) in [7, 11) is 0. The van der Waals surface area contributed by atoms with Gasteiger partial charge in [0.15, 0.2) is 5.96 Å². The Morgan fingerprint density at radius 2 is 1.92 bits per heavy atom. The Labute approximate surface area is 146 Å². The third-order valence-electron chi connectivity index (χ3n) is 4.02. The predicted octanol–water partition coefficient (Wildman–Crippen LogP) is 2.86. The first kappa shape index (κ1) is 17.0. The first-order chi connectivity index (χ1) is 12.2. The van der Waals surface area contributed by atoms with Crippen molar-refractivity contribution in [3.63, 3.8) is 0 Å². The van der Waals surface area contributed by atoms with Crippen molar-refractivity contribution in [3.8, 4) is 0 Å². The molecule has 2 N–H and O–H groups in total. The number of guanidine groups is 1. The molecule has 0 aliphatic carbocycles. The van der Waals surface area contributed by atoms with Gasteiger partial charge in [0.2, 0.25) is 0 Å². The number of nitrogens with one attached hydrogen (secondary N) is 2. The number of aliphatic imine (C=N–C) groups is 1. The summed E-state index contributed by atoms with van der Waals surface area (Å²) in [6.07, 6.45) is 0. The summed E-state index contributed by atoms with van der Waals surface area (Å²) < 4.78 is 13.0. The minimum Gasteiger partial charge on any atom is -0.354 e. The molecule has 0 fully saturated rings. The lowest BCUT2D eigenvalue weighted by Crippen LogP contribution is -2.30. The highest BCUT2D eigenvalue weighted by Crippen LogP contribution is 2.14. The van der Waals surface area contributed by atoms with Crippen molar-refractivity contribution in [2.45, 2.75) is 13.5 Å². The van der Waals surface area contributed by atoms with Gasteiger partial charge < -0.3 is 15.5 Å². The largest absolute Gasteiger partial charge is 0.354 e. The molecular formula is C19H21FN4O. The van der Waals surface area contributed by atoms with E-state index in [1.165, 1.54) is 24.3 Å². The van der Waals surface area contributed by atoms with Gasteiger partial charge in [-0.2, -0.15) is 0 Å². The van der Waals surface area contributed by atoms with Crippen LogP contribution in [-0.2, 0) is 6.54 Å². The van der Waals surface area contributed by atoms with E-state index < -0.39 is 0 Å². The maximum Gasteiger partial charge on any atom is 0.254 e. The van der Waals surface area contributed by atoms with Gasteiger partial charge in [0.25, 0.3) is 5.91 Å². The first-order valence-corrected chi connectivity index (χ1v) is 8.35. The number of benzene rings is 2. The van der Waals surface area contributed by atoms with Crippen molar-refractivity contribution < 1.29 is 9.18 Å². The van der Waals surface area contributed by atoms with E-state index >= 15 is 0 Å². The standard InChI is InChI=1S/C19H21FN4O/c1-2-24(18(25)15-5-7-16(20)8-6-15)13-14-3-9-17(10-4-14)23-19-21-11-12-22-19/h3-10H,2,11-13H2,1H3,(H2,21,22,23). The van der Waals surface area contributed by atoms with E-state index in [0.29, 0.717) is 18.7 Å². The number of anilines is 1. The molecule has 0 unspecified atom stereocenters. The molecule has 1 amide bonds. The fraction of sp³-hybridized carbons (Fsp3) is 0.263. The molecule has 0 saturated heterocycles. The monoisotopic (exact) mass is 340 g/mol. The van der Waals surface area contributed by atoms with Crippen LogP contribution in [-0.4, -0.2) is 36.4 Å². The highest BCUT2D eigenvalue weighted by molar-refractivity contribution is 5.95. The Bertz CT molecular complexity index is 756. The Balaban J connectivity index is 1.64. The number of carbonyl (C=O) groups is 1. The third kappa shape index (κ3) is 4.35. The smallest absolute Gasteiger partial charge is 0.254 e. The molecule has 5 nitrogen and oxygen atoms in total. The van der Waals surface area contributed by atoms with Crippen molar-refractivity contribution >= 4 is 17.6 Å². The maximum absolute atomic E-state index is 13.0. The molecule has 0 radical (unpaired) electrons. The number of halogens is 1. The van der Waals surface area contributed by atoms with Crippen molar-refractivity contribution in [2.24, 2.45) is 4.99 Å². The van der Waals surface area contributed by atoms with Gasteiger partial charge in [-0.25, -0.2) is 4.39 Å². The summed E-state index contributed by atoms with van der Waals surface area (Å²) >= 11 is 0. The zero-order chi connectivity index (χ0) is 17.6. The van der Waals surface area contributed by atoms with Crippen LogP contribution in [0.2, 0.25) is 0 Å². The highest BCUT2D eigenvalue weighted by atomic mass is 19.1. The number of nitrogens with zero attached hydrogens (tertiary/aromatic N) is 2. The molecule has 25 heavy (non-hydrogen) atoms. The topological polar surface area (TPSA) is 56.7 Å². The molecule has 130 valence electrons. The quantitative estimate of drug-likeness (QED) is 0.880. The van der Waals surface area contributed by atoms with Crippen molar-refractivity contribution in [3.05, 3.63) is 65.5 Å². The molecule has 1 aliphatic heterocycles. The van der Waals surface area contributed by atoms with Crippen LogP contribution in [0.5, 0.6) is 0 Å². The number of amides is 1. The fourth-order valence-corrected chi connectivity index (χ4v) is 2.63. The molecule has 1 heterocycles. The van der Waals surface area contributed by atoms with Crippen LogP contribution in [0.4, 0.5) is 10.1 Å². The van der Waals surface area contributed by atoms with E-state index in [9.17, 15) is 9.18 Å². The molecule has 0 spiro atoms. The summed E-state index contributed by atoms with van der Waals surface area (Å²) in [6, 6.07) is 13.5. The van der Waals surface area contributed by atoms with Crippen molar-refractivity contribution in [2.75, 3.05) is 25.0 Å². The van der Waals surface area contributed by atoms with Crippen LogP contribution in [0.15, 0.2) is 53.5 Å². The molecule has 2 aromatic rings. The van der Waals surface area contributed by atoms with Crippen LogP contribution in [0, 0.1) is 5.82 Å². The van der Waals surface area contributed by atoms with Crippen LogP contribution < -0.4 is 10.6 Å². The Morgan fingerprint density at radius 1 is 1.20 bits per heavy atom. The lowest BCUT2D eigenvalue weighted by Gasteiger charge is -2.21. The Morgan fingerprint density at radius 3 is 2.52 bits per heavy atom. The molecular weight excluding hydrogens is 319 g/mol. The van der Waals surface area contributed by atoms with Crippen LogP contribution in [0.3, 0.4) is 0 Å². The summed E-state index contributed by atoms with van der Waals surface area (Å²) in [6.45, 7) is 4.67. The van der Waals surface area contributed by atoms with E-state index in [0.717, 1.165) is 30.3 Å². The zero-order valence-corrected chi connectivity index (χ0v) is 14.1. The highest BCUT2D eigenvalue weighted by Gasteiger charge is 2.14. The van der Waals surface area contributed by atoms with E-state index in [-0.39, 0.29) is 11.7 Å². The number of hydrogen-bond donors (Lipinski definition) is 2. The van der Waals surface area contributed by atoms with Gasteiger partial charge in [-0.1, -0.05) is 12.1 Å². The first-order valence-electron chi connectivity index (χ1n) is 8.35. The Hall–Kier alpha value is -2.89. The normalized spacial score (nSPS) is 13.1. The van der Waals surface area contributed by atoms with Gasteiger partial charge in [0, 0.05) is 30.9 Å². The second-order valence-corrected chi connectivity index (χ2v) is 5.81. The van der Waals surface area contributed by atoms with Gasteiger partial charge in [-0.05, 0) is 48.9 Å². The Kier molecular flexibility index (Phi) is 5.28. The summed E-state index contributed by atoms with van der Waals surface area (Å²) in [5.74, 6) is 0.340. The molecule has 3 rings (SSSR count). The van der Waals surface area contributed by atoms with Crippen LogP contribution in [0.1, 0.15) is 22.8 Å². The van der Waals surface area contributed by atoms with E-state index in [1.807, 2.05) is 31.2 Å². The molecule has 6 heteroatoms. The van der Waals surface area contributed by atoms with E-state index in [1.54, 1.807) is 4.90 Å². The minimum atomic E-state index is -0.343. The molecule has 1 aliphatic rings. The van der Waals surface area contributed by atoms with Gasteiger partial charge in [0.1, 0.15) is 5.82 Å². The van der Waals surface area contributed by atoms with Crippen molar-refractivity contribution in [1.82, 2.24) is 10.2 Å². The van der Waals surface area contributed by atoms with Crippen molar-refractivity contribution in [1.29, 1.82) is 0 Å². The number of carbonyl (C=O) groups excluding carboxylic acids is 1. The van der Waals surface area contributed by atoms with Crippen LogP contribution >= 0.6 is 0 Å². The minimum absolute atomic E-state index is 0.103. The SMILES string of the molecule is CCN(Cc1ccc(NC2=NCCN2)cc1)C(=O)c1ccc(F)cc1. The summed E-state index contributed by atoms with van der Waals surface area (Å²) in [4.78, 5) is 18.6. The second-order valence-electron chi connectivity index (χ2n) is 5.81. The number of rotatable bonds is 5. The second kappa shape index (κ2) is 7.79. The molecule has 2 aromatic carbocycles. The fourth-order valence-electron chi connectivity index (χ4n) is 2.63. The third-order valence-corrected chi connectivity index (χ3v) is 4.02. The molecule has 0 atom stereocenters. The molecule has 0 bridgehead atoms. The lowest BCUT2D eigenvalue weighted by atomic mass is 10.1. The summed E-state index contributed by atoms with van der Waals surface area (Å²) in [5.41, 5.74) is 2.47. The van der Waals surface area contributed by atoms with Gasteiger partial charge >= 0.3 is 0 Å². The molecule has 0 aromatic heterocycles. The lowest BCUT2D eigenvalue weighted by molar-refractivity contribution is 0.0752. The zero-order valence-electron chi connectivity index (χ0n) is 14.1. The number of hydrogen-bond acceptors (Lipinski definition) is 4. The predicted molar refractivity (Wildman–Crippen MR) is 97.2 cm³/mol. The molecule has 0 saturated carbocycles. The van der Waals surface area contributed by atoms with Crippen LogP contribution in [0.25, 0.3) is 0 Å². The van der Waals surface area contributed by atoms with E-state index in [4.69, 9.17) is 0 Å². The average Bonchev–Trinajstić information content (AvgIpc) is 3.14. The summed E-state index contributed by atoms with van der Waals surface area (Å²) in [5, 5.41) is 6.37. The van der Waals surface area contributed by atoms with Gasteiger partial charge in [-0.15, -0.1) is 0 Å². The maximum atomic E-state index is 13.0.